The zero-order valence-corrected chi connectivity index (χ0v) is 134. The first-order valence-corrected chi connectivity index (χ1v) is 135. The Labute approximate surface area is 950 Å². The van der Waals surface area contributed by atoms with Crippen molar-refractivity contribution in [3.8, 4) is 0 Å². The second-order valence-electron chi connectivity index (χ2n) is 62.3. The summed E-state index contributed by atoms with van der Waals surface area (Å²) in [7, 11) is -49.3. The normalized spacial score (nSPS) is 15.0. The molecule has 0 spiro atoms. The third-order valence-electron chi connectivity index (χ3n) is 23.1. The molecule has 902 valence electrons. The van der Waals surface area contributed by atoms with Gasteiger partial charge in [0.25, 0.3) is 0 Å². The van der Waals surface area contributed by atoms with Gasteiger partial charge in [-0.25, -0.2) is 0 Å². The Hall–Kier alpha value is 4.42. The van der Waals surface area contributed by atoms with Crippen LogP contribution in [0.25, 0.3) is 0 Å². The first-order chi connectivity index (χ1) is 65.7. The Morgan fingerprint density at radius 1 is 0.121 bits per heavy atom. The van der Waals surface area contributed by atoms with Crippen molar-refractivity contribution in [2.75, 3.05) is 52.9 Å². The maximum Gasteiger partial charge on any atom is 0.469 e. The monoisotopic (exact) mass is 2550 g/mol. The fourth-order valence-corrected chi connectivity index (χ4v) is 120. The summed E-state index contributed by atoms with van der Waals surface area (Å²) >= 11 is 0. The van der Waals surface area contributed by atoms with E-state index < -0.39 is 226 Å². The van der Waals surface area contributed by atoms with Gasteiger partial charge in [0.05, 0.1) is 52.9 Å². The van der Waals surface area contributed by atoms with Crippen LogP contribution in [0.4, 0.5) is 0 Å². The molecule has 0 aromatic heterocycles. The topological polar surface area (TPSA) is 319 Å². The first kappa shape index (κ1) is 160. The summed E-state index contributed by atoms with van der Waals surface area (Å²) in [6, 6.07) is 7.30. The molecule has 0 aliphatic heterocycles. The molecule has 0 heterocycles. The zero-order valence-electron chi connectivity index (χ0n) is 109. The predicted octanol–water partition coefficient (Wildman–Crippen LogP) is 30.9. The average Bonchev–Trinajstić information content (AvgIpc) is 0.797. The highest BCUT2D eigenvalue weighted by Gasteiger charge is 2.55. The molecular formula is C99H256O25Si25. The molecule has 0 saturated heterocycles. The fourth-order valence-electron chi connectivity index (χ4n) is 20.2. The van der Waals surface area contributed by atoms with Gasteiger partial charge in [0.15, 0.2) is 150 Å². The Bertz CT molecular complexity index is 3280. The molecule has 0 rings (SSSR count). The Morgan fingerprint density at radius 3 is 0.376 bits per heavy atom. The lowest BCUT2D eigenvalue weighted by Crippen LogP contribution is -2.60. The van der Waals surface area contributed by atoms with Crippen LogP contribution in [-0.2, 0) is 70.0 Å². The molecule has 0 atom stereocenters. The van der Waals surface area contributed by atoms with Gasteiger partial charge < -0.3 is 111 Å². The standard InChI is InChI=1S/C27H72O8Si8.C27H68O6Si6.C24H62O6Si6.C21H54O5Si5/c1-36(2,3)30-42(31-37(4,5)6,32-38(7,8)9)23-19-21-27(25-28,26-29)22-20-24-43(33-39(10,11)12,34-40(13,14)15)35-41(16,17)18;1-34(2,3)30-38(13,31-35(4,5)6)23-19-15-17-21-27(25-28,26-29)22-18-16-20-24-39(14,32-36(7,8)9)33-37(10,11)12;1-31(2,3)27-35(13,28-32(4,5)6)20-16-15-18-24(22-25,23-26)19-17-21-36(14,29-33(7,8)9)30-34(10,11)12;1-27(2,3)24-30(10,11)17-13-15-21(19-22,20-23)16-14-18-31(12,25-28(4,5)6)26-29(7,8)9/h28-29H,19-26H2,1-18H3;28-29H,15-26H2,1-14H3;25-26H,15-23H2,1-14H3;22-23H,13-20H2,1-12H3. The molecule has 0 fully saturated rings. The molecule has 0 aromatic carbocycles. The lowest BCUT2D eigenvalue weighted by atomic mass is 9.79. The lowest BCUT2D eigenvalue weighted by Gasteiger charge is -2.44. The summed E-state index contributed by atoms with van der Waals surface area (Å²) in [6.07, 6.45) is 19.0. The number of unbranched alkanes of at least 4 members (excludes halogenated alkanes) is 5. The Morgan fingerprint density at radius 2 is 0.235 bits per heavy atom. The van der Waals surface area contributed by atoms with E-state index in [0.717, 1.165) is 158 Å². The van der Waals surface area contributed by atoms with Crippen molar-refractivity contribution in [2.24, 2.45) is 21.7 Å². The van der Waals surface area contributed by atoms with E-state index in [2.05, 4.69) is 380 Å². The van der Waals surface area contributed by atoms with Crippen molar-refractivity contribution in [3.05, 3.63) is 0 Å². The van der Waals surface area contributed by atoms with Gasteiger partial charge in [0.1, 0.15) is 0 Å². The van der Waals surface area contributed by atoms with Crippen molar-refractivity contribution in [1.82, 2.24) is 0 Å². The average molecular weight is 2550 g/mol. The van der Waals surface area contributed by atoms with Crippen molar-refractivity contribution < 1.29 is 111 Å². The smallest absolute Gasteiger partial charge is 0.456 e. The van der Waals surface area contributed by atoms with E-state index in [-0.39, 0.29) is 58.3 Å². The molecule has 0 bridgehead atoms. The minimum absolute atomic E-state index is 0.0109. The molecule has 0 aliphatic rings. The Kier molecular flexibility index (Phi) is 69.3. The van der Waals surface area contributed by atoms with E-state index in [1.807, 2.05) is 0 Å². The molecule has 0 saturated carbocycles. The van der Waals surface area contributed by atoms with Gasteiger partial charge >= 0.3 is 60.4 Å². The SMILES string of the molecule is C[Si](C)(C)O[Si](C)(C)CCCC(CO)(CO)CCC[Si](C)(O[Si](C)(C)C)O[Si](C)(C)C.C[Si](C)(C)O[Si](C)(CCCCC(CO)(CO)CCC[Si](C)(O[Si](C)(C)C)O[Si](C)(C)C)O[Si](C)(C)C.C[Si](C)(C)O[Si](C)(CCCCCC(CO)(CO)CCCCC[Si](C)(O[Si](C)(C)C)O[Si](C)(C)C)O[Si](C)(C)C.C[Si](C)(C)O[Si](CCCC(CO)(CO)CCC[Si](O[Si](C)(C)C)(O[Si](C)(C)C)O[Si](C)(C)C)(O[Si](C)(C)C)O[Si](C)(C)C. The largest absolute Gasteiger partial charge is 0.469 e. The number of hydrogen-bond acceptors (Lipinski definition) is 25. The molecule has 0 aromatic rings. The van der Waals surface area contributed by atoms with Gasteiger partial charge in [0, 0.05) is 33.7 Å². The molecule has 50 heteroatoms. The van der Waals surface area contributed by atoms with Crippen LogP contribution >= 0.6 is 0 Å². The number of hydrogen-bond donors (Lipinski definition) is 8. The summed E-state index contributed by atoms with van der Waals surface area (Å²) in [5, 5.41) is 82.8. The zero-order chi connectivity index (χ0) is 119. The van der Waals surface area contributed by atoms with Crippen LogP contribution < -0.4 is 0 Å². The second-order valence-corrected chi connectivity index (χ2v) is 170. The van der Waals surface area contributed by atoms with Crippen LogP contribution in [-0.4, -0.2) is 304 Å². The molecule has 149 heavy (non-hydrogen) atoms. The summed E-state index contributed by atoms with van der Waals surface area (Å²) in [6.45, 7) is 129. The molecular weight excluding hydrogens is 2290 g/mol. The van der Waals surface area contributed by atoms with Crippen LogP contribution in [0.15, 0.2) is 0 Å². The van der Waals surface area contributed by atoms with E-state index in [0.29, 0.717) is 24.9 Å². The maximum atomic E-state index is 10.7. The summed E-state index contributed by atoms with van der Waals surface area (Å²) in [5.41, 5.74) is -1.87. The summed E-state index contributed by atoms with van der Waals surface area (Å²) in [5.74, 6) is 0. The fraction of sp³-hybridized carbons (Fsp3) is 1.00. The molecule has 0 aliphatic carbocycles. The van der Waals surface area contributed by atoms with E-state index >= 15 is 0 Å². The van der Waals surface area contributed by atoms with Crippen molar-refractivity contribution >= 4 is 210 Å². The number of aliphatic hydroxyl groups excluding tert-OH is 8. The molecule has 0 amide bonds. The quantitative estimate of drug-likeness (QED) is 0.0207. The number of rotatable bonds is 79. The van der Waals surface area contributed by atoms with Gasteiger partial charge in [-0.1, -0.05) is 70.6 Å². The third-order valence-corrected chi connectivity index (χ3v) is 101. The highest BCUT2D eigenvalue weighted by Crippen LogP contribution is 2.44. The minimum Gasteiger partial charge on any atom is -0.456 e. The maximum absolute atomic E-state index is 10.7. The second kappa shape index (κ2) is 64.7. The summed E-state index contributed by atoms with van der Waals surface area (Å²) < 4.78 is 114. The Balaban J connectivity index is -0.000000947. The molecule has 0 radical (unpaired) electrons. The van der Waals surface area contributed by atoms with Crippen LogP contribution in [0.5, 0.6) is 0 Å². The molecule has 8 N–H and O–H groups in total. The first-order valence-electron chi connectivity index (χ1n) is 57.5. The molecule has 0 unspecified atom stereocenters. The van der Waals surface area contributed by atoms with E-state index in [1.165, 1.54) is 0 Å². The van der Waals surface area contributed by atoms with Crippen LogP contribution in [0.2, 0.25) is 428 Å². The van der Waals surface area contributed by atoms with Crippen LogP contribution in [0.1, 0.15) is 135 Å². The van der Waals surface area contributed by atoms with Gasteiger partial charge in [-0.2, -0.15) is 0 Å². The van der Waals surface area contributed by atoms with E-state index in [1.54, 1.807) is 0 Å². The van der Waals surface area contributed by atoms with E-state index in [4.69, 9.17) is 70.0 Å². The predicted molar refractivity (Wildman–Crippen MR) is 704 cm³/mol. The minimum atomic E-state index is -2.99. The number of aliphatic hydroxyl groups is 8. The lowest BCUT2D eigenvalue weighted by molar-refractivity contribution is 0.0354. The van der Waals surface area contributed by atoms with Gasteiger partial charge in [-0.15, -0.1) is 0 Å². The van der Waals surface area contributed by atoms with Gasteiger partial charge in [-0.05, 0) is 480 Å². The highest BCUT2D eigenvalue weighted by atomic mass is 28.5. The highest BCUT2D eigenvalue weighted by molar-refractivity contribution is 6.94. The van der Waals surface area contributed by atoms with Crippen LogP contribution in [0.3, 0.4) is 0 Å². The summed E-state index contributed by atoms with van der Waals surface area (Å²) in [4.78, 5) is 0. The third kappa shape index (κ3) is 86.7. The van der Waals surface area contributed by atoms with Crippen molar-refractivity contribution in [3.63, 3.8) is 0 Å². The van der Waals surface area contributed by atoms with E-state index in [9.17, 15) is 40.9 Å². The van der Waals surface area contributed by atoms with Gasteiger partial charge in [0.2, 0.25) is 0 Å². The van der Waals surface area contributed by atoms with Crippen molar-refractivity contribution in [1.29, 1.82) is 0 Å². The van der Waals surface area contributed by atoms with Gasteiger partial charge in [-0.3, -0.25) is 0 Å². The van der Waals surface area contributed by atoms with Crippen molar-refractivity contribution in [2.45, 2.75) is 563 Å². The molecule has 25 nitrogen and oxygen atoms in total. The van der Waals surface area contributed by atoms with Crippen LogP contribution in [0, 0.1) is 21.7 Å².